The highest BCUT2D eigenvalue weighted by Crippen LogP contribution is 2.26. The second kappa shape index (κ2) is 8.17. The summed E-state index contributed by atoms with van der Waals surface area (Å²) in [5.74, 6) is 1.03. The van der Waals surface area contributed by atoms with Crippen LogP contribution in [0.1, 0.15) is 50.9 Å². The Bertz CT molecular complexity index is 465. The molecular formula is C16H30N6O. The number of hydrogen-bond donors (Lipinski definition) is 0. The number of piperazine rings is 1. The lowest BCUT2D eigenvalue weighted by Gasteiger charge is -2.37. The Balaban J connectivity index is 1.72. The molecule has 1 aromatic heterocycles. The molecule has 1 aromatic rings. The molecule has 2 aliphatic heterocycles. The average Bonchev–Trinajstić information content (AvgIpc) is 3.22. The summed E-state index contributed by atoms with van der Waals surface area (Å²) in [6.07, 6.45) is 6.09. The van der Waals surface area contributed by atoms with Gasteiger partial charge < -0.3 is 9.64 Å². The summed E-state index contributed by atoms with van der Waals surface area (Å²) >= 11 is 0. The van der Waals surface area contributed by atoms with E-state index in [1.165, 1.54) is 12.8 Å². The fourth-order valence-corrected chi connectivity index (χ4v) is 3.57. The molecule has 2 atom stereocenters. The van der Waals surface area contributed by atoms with Gasteiger partial charge in [-0.25, -0.2) is 4.68 Å². The quantitative estimate of drug-likeness (QED) is 0.755. The van der Waals surface area contributed by atoms with Crippen LogP contribution in [0.2, 0.25) is 0 Å². The van der Waals surface area contributed by atoms with Gasteiger partial charge in [-0.2, -0.15) is 0 Å². The molecule has 2 fully saturated rings. The molecule has 0 amide bonds. The van der Waals surface area contributed by atoms with Crippen LogP contribution in [0.15, 0.2) is 0 Å². The van der Waals surface area contributed by atoms with E-state index in [2.05, 4.69) is 39.3 Å². The van der Waals surface area contributed by atoms with E-state index in [1.807, 2.05) is 4.68 Å². The van der Waals surface area contributed by atoms with Gasteiger partial charge in [-0.1, -0.05) is 19.8 Å². The number of ether oxygens (including phenoxy) is 1. The molecule has 130 valence electrons. The van der Waals surface area contributed by atoms with Gasteiger partial charge in [-0.3, -0.25) is 4.90 Å². The predicted molar refractivity (Wildman–Crippen MR) is 88.1 cm³/mol. The normalized spacial score (nSPS) is 25.0. The standard InChI is InChI=1S/C16H30N6O/c1-3-4-7-15(21-10-8-20(2)9-11-21)16-17-18-19-22(16)13-14-6-5-12-23-14/h14-15H,3-13H2,1-2H3/t14-,15+/m0/s1. The van der Waals surface area contributed by atoms with Gasteiger partial charge in [0.25, 0.3) is 0 Å². The van der Waals surface area contributed by atoms with E-state index in [4.69, 9.17) is 4.74 Å². The van der Waals surface area contributed by atoms with E-state index in [9.17, 15) is 0 Å². The topological polar surface area (TPSA) is 59.3 Å². The zero-order valence-electron chi connectivity index (χ0n) is 14.5. The largest absolute Gasteiger partial charge is 0.376 e. The van der Waals surface area contributed by atoms with Gasteiger partial charge in [0.2, 0.25) is 0 Å². The van der Waals surface area contributed by atoms with E-state index in [1.54, 1.807) is 0 Å². The van der Waals surface area contributed by atoms with Crippen LogP contribution in [0.4, 0.5) is 0 Å². The van der Waals surface area contributed by atoms with Crippen molar-refractivity contribution in [2.75, 3.05) is 39.8 Å². The lowest BCUT2D eigenvalue weighted by atomic mass is 10.1. The van der Waals surface area contributed by atoms with Gasteiger partial charge in [0.15, 0.2) is 5.82 Å². The minimum Gasteiger partial charge on any atom is -0.376 e. The average molecular weight is 322 g/mol. The second-order valence-electron chi connectivity index (χ2n) is 6.85. The van der Waals surface area contributed by atoms with Crippen LogP contribution in [0.5, 0.6) is 0 Å². The zero-order chi connectivity index (χ0) is 16.1. The number of unbranched alkanes of at least 4 members (excludes halogenated alkanes) is 1. The summed E-state index contributed by atoms with van der Waals surface area (Å²) in [7, 11) is 2.19. The Morgan fingerprint density at radius 2 is 2.09 bits per heavy atom. The van der Waals surface area contributed by atoms with Gasteiger partial charge in [0.05, 0.1) is 18.7 Å². The Labute approximate surface area is 139 Å². The molecule has 0 aromatic carbocycles. The van der Waals surface area contributed by atoms with Crippen LogP contribution in [0.3, 0.4) is 0 Å². The third-order valence-corrected chi connectivity index (χ3v) is 5.07. The third kappa shape index (κ3) is 4.28. The van der Waals surface area contributed by atoms with Gasteiger partial charge in [-0.05, 0) is 36.7 Å². The van der Waals surface area contributed by atoms with Gasteiger partial charge in [0, 0.05) is 32.8 Å². The van der Waals surface area contributed by atoms with Gasteiger partial charge in [-0.15, -0.1) is 5.10 Å². The van der Waals surface area contributed by atoms with Crippen LogP contribution in [-0.2, 0) is 11.3 Å². The van der Waals surface area contributed by atoms with Crippen molar-refractivity contribution in [3.63, 3.8) is 0 Å². The van der Waals surface area contributed by atoms with Crippen molar-refractivity contribution in [1.29, 1.82) is 0 Å². The fourth-order valence-electron chi connectivity index (χ4n) is 3.57. The Morgan fingerprint density at radius 3 is 2.78 bits per heavy atom. The molecule has 7 heteroatoms. The number of nitrogens with zero attached hydrogens (tertiary/aromatic N) is 6. The minimum atomic E-state index is 0.275. The molecule has 2 aliphatic rings. The molecule has 0 spiro atoms. The molecule has 2 saturated heterocycles. The summed E-state index contributed by atoms with van der Waals surface area (Å²) in [5.41, 5.74) is 0. The van der Waals surface area contributed by atoms with Crippen LogP contribution in [0.25, 0.3) is 0 Å². The van der Waals surface area contributed by atoms with E-state index < -0.39 is 0 Å². The first-order valence-corrected chi connectivity index (χ1v) is 9.08. The summed E-state index contributed by atoms with van der Waals surface area (Å²) < 4.78 is 7.76. The van der Waals surface area contributed by atoms with E-state index >= 15 is 0 Å². The first-order valence-electron chi connectivity index (χ1n) is 9.08. The molecule has 0 bridgehead atoms. The number of aromatic nitrogens is 4. The van der Waals surface area contributed by atoms with Crippen molar-refractivity contribution in [1.82, 2.24) is 30.0 Å². The summed E-state index contributed by atoms with van der Waals surface area (Å²) in [4.78, 5) is 4.95. The molecule has 0 radical (unpaired) electrons. The first kappa shape index (κ1) is 16.8. The molecular weight excluding hydrogens is 292 g/mol. The van der Waals surface area contributed by atoms with Gasteiger partial charge >= 0.3 is 0 Å². The van der Waals surface area contributed by atoms with Crippen molar-refractivity contribution in [2.24, 2.45) is 0 Å². The molecule has 0 unspecified atom stereocenters. The minimum absolute atomic E-state index is 0.275. The molecule has 3 rings (SSSR count). The van der Waals surface area contributed by atoms with Crippen molar-refractivity contribution < 1.29 is 4.74 Å². The molecule has 0 N–H and O–H groups in total. The molecule has 7 nitrogen and oxygen atoms in total. The lowest BCUT2D eigenvalue weighted by molar-refractivity contribution is 0.0814. The monoisotopic (exact) mass is 322 g/mol. The molecule has 0 saturated carbocycles. The summed E-state index contributed by atoms with van der Waals surface area (Å²) in [6.45, 7) is 8.34. The zero-order valence-corrected chi connectivity index (χ0v) is 14.5. The molecule has 0 aliphatic carbocycles. The van der Waals surface area contributed by atoms with Crippen LogP contribution in [0, 0.1) is 0 Å². The maximum absolute atomic E-state index is 5.77. The van der Waals surface area contributed by atoms with E-state index in [-0.39, 0.29) is 6.10 Å². The summed E-state index contributed by atoms with van der Waals surface area (Å²) in [5, 5.41) is 12.6. The maximum Gasteiger partial charge on any atom is 0.168 e. The number of likely N-dealkylation sites (N-methyl/N-ethyl adjacent to an activating group) is 1. The Hall–Kier alpha value is -1.05. The highest BCUT2D eigenvalue weighted by Gasteiger charge is 2.29. The maximum atomic E-state index is 5.77. The first-order chi connectivity index (χ1) is 11.3. The Kier molecular flexibility index (Phi) is 5.96. The van der Waals surface area contributed by atoms with Crippen LogP contribution < -0.4 is 0 Å². The number of hydrogen-bond acceptors (Lipinski definition) is 6. The third-order valence-electron chi connectivity index (χ3n) is 5.07. The predicted octanol–water partition coefficient (Wildman–Crippen LogP) is 1.33. The fraction of sp³-hybridized carbons (Fsp3) is 0.938. The molecule has 3 heterocycles. The van der Waals surface area contributed by atoms with Crippen molar-refractivity contribution in [2.45, 2.75) is 57.7 Å². The number of rotatable bonds is 7. The van der Waals surface area contributed by atoms with E-state index in [0.717, 1.165) is 64.4 Å². The van der Waals surface area contributed by atoms with Gasteiger partial charge in [0.1, 0.15) is 0 Å². The van der Waals surface area contributed by atoms with Crippen molar-refractivity contribution >= 4 is 0 Å². The lowest BCUT2D eigenvalue weighted by Crippen LogP contribution is -2.46. The van der Waals surface area contributed by atoms with E-state index in [0.29, 0.717) is 6.04 Å². The van der Waals surface area contributed by atoms with Crippen LogP contribution in [-0.4, -0.2) is 75.9 Å². The highest BCUT2D eigenvalue weighted by atomic mass is 16.5. The van der Waals surface area contributed by atoms with Crippen molar-refractivity contribution in [3.05, 3.63) is 5.82 Å². The number of tetrazole rings is 1. The second-order valence-corrected chi connectivity index (χ2v) is 6.85. The summed E-state index contributed by atoms with van der Waals surface area (Å²) in [6, 6.07) is 0.333. The van der Waals surface area contributed by atoms with Crippen LogP contribution >= 0.6 is 0 Å². The van der Waals surface area contributed by atoms with Crippen molar-refractivity contribution in [3.8, 4) is 0 Å². The Morgan fingerprint density at radius 1 is 1.26 bits per heavy atom. The molecule has 23 heavy (non-hydrogen) atoms. The smallest absolute Gasteiger partial charge is 0.168 e. The SMILES string of the molecule is CCCC[C@H](c1nnnn1C[C@@H]1CCCO1)N1CCN(C)CC1. The highest BCUT2D eigenvalue weighted by molar-refractivity contribution is 4.95.